The number of fused-ring (bicyclic) bond motifs is 1. The number of hydrogen-bond acceptors (Lipinski definition) is 5. The van der Waals surface area contributed by atoms with Gasteiger partial charge in [0.15, 0.2) is 5.82 Å². The van der Waals surface area contributed by atoms with Crippen LogP contribution in [0.25, 0.3) is 22.0 Å². The monoisotopic (exact) mass is 379 g/mol. The average molecular weight is 380 g/mol. The number of pyridine rings is 1. The molecule has 0 unspecified atom stereocenters. The van der Waals surface area contributed by atoms with Crippen LogP contribution in [0.5, 0.6) is 0 Å². The molecule has 0 amide bonds. The first-order chi connectivity index (χ1) is 13.0. The van der Waals surface area contributed by atoms with Gasteiger partial charge < -0.3 is 11.1 Å². The van der Waals surface area contributed by atoms with Gasteiger partial charge in [-0.25, -0.2) is 14.4 Å². The first-order valence-electron chi connectivity index (χ1n) is 8.21. The van der Waals surface area contributed by atoms with E-state index >= 15 is 0 Å². The lowest BCUT2D eigenvalue weighted by Crippen LogP contribution is -1.99. The molecule has 0 bridgehead atoms. The van der Waals surface area contributed by atoms with E-state index in [4.69, 9.17) is 17.3 Å². The molecule has 2 aromatic heterocycles. The zero-order valence-corrected chi connectivity index (χ0v) is 15.1. The second kappa shape index (κ2) is 6.81. The van der Waals surface area contributed by atoms with E-state index in [9.17, 15) is 4.39 Å². The Hall–Kier alpha value is -3.25. The van der Waals surface area contributed by atoms with Crippen LogP contribution in [-0.2, 0) is 0 Å². The molecule has 0 saturated heterocycles. The van der Waals surface area contributed by atoms with E-state index in [1.807, 2.05) is 31.2 Å². The van der Waals surface area contributed by atoms with E-state index in [2.05, 4.69) is 20.3 Å². The summed E-state index contributed by atoms with van der Waals surface area (Å²) in [4.78, 5) is 12.9. The Balaban J connectivity index is 1.82. The summed E-state index contributed by atoms with van der Waals surface area (Å²) >= 11 is 5.86. The van der Waals surface area contributed by atoms with E-state index in [0.29, 0.717) is 11.5 Å². The summed E-state index contributed by atoms with van der Waals surface area (Å²) in [6.45, 7) is 1.86. The van der Waals surface area contributed by atoms with Crippen molar-refractivity contribution in [1.29, 1.82) is 0 Å². The maximum absolute atomic E-state index is 14.3. The molecule has 134 valence electrons. The summed E-state index contributed by atoms with van der Waals surface area (Å²) in [5, 5.41) is 3.79. The standard InChI is InChI=1S/C20H15ClFN5/c1-11-16(23)8-13(9-24-11)12-5-6-17-14(7-12)20(26-10-25-17)27-18-4-2-3-15(21)19(18)22/h2-10H,23H2,1H3,(H,25,26,27). The number of aryl methyl sites for hydroxylation is 1. The molecular weight excluding hydrogens is 365 g/mol. The number of anilines is 3. The molecule has 3 N–H and O–H groups in total. The third-order valence-electron chi connectivity index (χ3n) is 4.30. The first kappa shape index (κ1) is 17.2. The van der Waals surface area contributed by atoms with Gasteiger partial charge in [-0.2, -0.15) is 0 Å². The molecule has 0 spiro atoms. The number of nitrogens with two attached hydrogens (primary N) is 1. The van der Waals surface area contributed by atoms with Gasteiger partial charge in [-0.3, -0.25) is 4.98 Å². The second-order valence-corrected chi connectivity index (χ2v) is 6.49. The fraction of sp³-hybridized carbons (Fsp3) is 0.0500. The van der Waals surface area contributed by atoms with Crippen LogP contribution in [0, 0.1) is 12.7 Å². The van der Waals surface area contributed by atoms with E-state index in [-0.39, 0.29) is 10.7 Å². The van der Waals surface area contributed by atoms with Crippen molar-refractivity contribution in [3.63, 3.8) is 0 Å². The molecule has 5 nitrogen and oxygen atoms in total. The first-order valence-corrected chi connectivity index (χ1v) is 8.59. The third-order valence-corrected chi connectivity index (χ3v) is 4.59. The molecule has 4 aromatic rings. The number of benzene rings is 2. The molecule has 7 heteroatoms. The molecule has 4 rings (SSSR count). The minimum atomic E-state index is -0.530. The lowest BCUT2D eigenvalue weighted by Gasteiger charge is -2.11. The van der Waals surface area contributed by atoms with Crippen LogP contribution >= 0.6 is 11.6 Å². The number of nitrogens with zero attached hydrogens (tertiary/aromatic N) is 3. The average Bonchev–Trinajstić information content (AvgIpc) is 2.67. The maximum Gasteiger partial charge on any atom is 0.165 e. The number of hydrogen-bond donors (Lipinski definition) is 2. The van der Waals surface area contributed by atoms with Gasteiger partial charge in [-0.05, 0) is 42.8 Å². The molecule has 0 saturated carbocycles. The molecule has 0 aliphatic carbocycles. The van der Waals surface area contributed by atoms with Crippen molar-refractivity contribution >= 4 is 39.7 Å². The highest BCUT2D eigenvalue weighted by Gasteiger charge is 2.11. The Kier molecular flexibility index (Phi) is 4.33. The minimum absolute atomic E-state index is 0.0419. The Morgan fingerprint density at radius 2 is 1.89 bits per heavy atom. The molecule has 0 atom stereocenters. The largest absolute Gasteiger partial charge is 0.397 e. The number of nitrogens with one attached hydrogen (secondary N) is 1. The second-order valence-electron chi connectivity index (χ2n) is 6.08. The number of halogens is 2. The zero-order chi connectivity index (χ0) is 19.0. The molecule has 27 heavy (non-hydrogen) atoms. The fourth-order valence-electron chi connectivity index (χ4n) is 2.77. The van der Waals surface area contributed by atoms with Crippen LogP contribution in [0.2, 0.25) is 5.02 Å². The van der Waals surface area contributed by atoms with Gasteiger partial charge in [0.05, 0.1) is 27.6 Å². The van der Waals surface area contributed by atoms with Crippen LogP contribution in [0.1, 0.15) is 5.69 Å². The topological polar surface area (TPSA) is 76.7 Å². The van der Waals surface area contributed by atoms with E-state index < -0.39 is 5.82 Å². The Morgan fingerprint density at radius 3 is 2.70 bits per heavy atom. The lowest BCUT2D eigenvalue weighted by atomic mass is 10.0. The predicted molar refractivity (Wildman–Crippen MR) is 107 cm³/mol. The molecule has 2 aromatic carbocycles. The Morgan fingerprint density at radius 1 is 1.04 bits per heavy atom. The summed E-state index contributed by atoms with van der Waals surface area (Å²) in [6.07, 6.45) is 3.19. The fourth-order valence-corrected chi connectivity index (χ4v) is 2.95. The molecule has 0 fully saturated rings. The van der Waals surface area contributed by atoms with Gasteiger partial charge in [0, 0.05) is 17.1 Å². The Labute approximate surface area is 160 Å². The van der Waals surface area contributed by atoms with Crippen molar-refractivity contribution in [3.05, 3.63) is 71.5 Å². The minimum Gasteiger partial charge on any atom is -0.397 e. The van der Waals surface area contributed by atoms with Gasteiger partial charge >= 0.3 is 0 Å². The van der Waals surface area contributed by atoms with Crippen molar-refractivity contribution in [2.24, 2.45) is 0 Å². The van der Waals surface area contributed by atoms with Crippen LogP contribution in [-0.4, -0.2) is 15.0 Å². The van der Waals surface area contributed by atoms with Crippen LogP contribution in [0.15, 0.2) is 55.0 Å². The number of aromatic nitrogens is 3. The lowest BCUT2D eigenvalue weighted by molar-refractivity contribution is 0.632. The smallest absolute Gasteiger partial charge is 0.165 e. The summed E-state index contributed by atoms with van der Waals surface area (Å²) in [6, 6.07) is 12.4. The van der Waals surface area contributed by atoms with Gasteiger partial charge in [-0.15, -0.1) is 0 Å². The molecule has 0 aliphatic rings. The highest BCUT2D eigenvalue weighted by molar-refractivity contribution is 6.31. The van der Waals surface area contributed by atoms with Crippen molar-refractivity contribution in [3.8, 4) is 11.1 Å². The van der Waals surface area contributed by atoms with Crippen molar-refractivity contribution < 1.29 is 4.39 Å². The summed E-state index contributed by atoms with van der Waals surface area (Å²) in [5.41, 5.74) is 10.1. The number of rotatable bonds is 3. The highest BCUT2D eigenvalue weighted by atomic mass is 35.5. The quantitative estimate of drug-likeness (QED) is 0.516. The van der Waals surface area contributed by atoms with Gasteiger partial charge in [-0.1, -0.05) is 23.7 Å². The predicted octanol–water partition coefficient (Wildman–Crippen LogP) is 5.12. The molecular formula is C20H15ClFN5. The van der Waals surface area contributed by atoms with Crippen LogP contribution in [0.4, 0.5) is 21.6 Å². The third kappa shape index (κ3) is 3.27. The van der Waals surface area contributed by atoms with E-state index in [1.54, 1.807) is 18.3 Å². The van der Waals surface area contributed by atoms with Crippen molar-refractivity contribution in [2.75, 3.05) is 11.1 Å². The normalized spacial score (nSPS) is 10.9. The summed E-state index contributed by atoms with van der Waals surface area (Å²) < 4.78 is 14.3. The van der Waals surface area contributed by atoms with Crippen molar-refractivity contribution in [2.45, 2.75) is 6.92 Å². The van der Waals surface area contributed by atoms with Crippen molar-refractivity contribution in [1.82, 2.24) is 15.0 Å². The zero-order valence-electron chi connectivity index (χ0n) is 14.4. The van der Waals surface area contributed by atoms with Gasteiger partial charge in [0.25, 0.3) is 0 Å². The van der Waals surface area contributed by atoms with Crippen LogP contribution in [0.3, 0.4) is 0 Å². The van der Waals surface area contributed by atoms with E-state index in [1.165, 1.54) is 12.4 Å². The van der Waals surface area contributed by atoms with Crippen LogP contribution < -0.4 is 11.1 Å². The summed E-state index contributed by atoms with van der Waals surface area (Å²) in [5.74, 6) is -0.0475. The van der Waals surface area contributed by atoms with Gasteiger partial charge in [0.1, 0.15) is 12.1 Å². The highest BCUT2D eigenvalue weighted by Crippen LogP contribution is 2.31. The summed E-state index contributed by atoms with van der Waals surface area (Å²) in [7, 11) is 0. The van der Waals surface area contributed by atoms with Gasteiger partial charge in [0.2, 0.25) is 0 Å². The molecule has 0 aliphatic heterocycles. The van der Waals surface area contributed by atoms with E-state index in [0.717, 1.165) is 27.7 Å². The Bertz CT molecular complexity index is 1160. The molecule has 0 radical (unpaired) electrons. The maximum atomic E-state index is 14.3. The number of nitrogen functional groups attached to an aromatic ring is 1. The molecule has 2 heterocycles. The SMILES string of the molecule is Cc1ncc(-c2ccc3ncnc(Nc4cccc(Cl)c4F)c3c2)cc1N.